The van der Waals surface area contributed by atoms with Crippen LogP contribution in [0.15, 0.2) is 83.8 Å². The van der Waals surface area contributed by atoms with Crippen molar-refractivity contribution in [2.75, 3.05) is 7.05 Å². The Balaban J connectivity index is 2.13. The molecule has 0 aliphatic heterocycles. The molecule has 6 heteroatoms. The Kier molecular flexibility index (Phi) is 5.41. The van der Waals surface area contributed by atoms with Crippen molar-refractivity contribution in [2.45, 2.75) is 10.9 Å². The van der Waals surface area contributed by atoms with E-state index >= 15 is 0 Å². The summed E-state index contributed by atoms with van der Waals surface area (Å²) in [5, 5.41) is 0.158. The van der Waals surface area contributed by atoms with Gasteiger partial charge in [0.25, 0.3) is 0 Å². The van der Waals surface area contributed by atoms with Crippen molar-refractivity contribution in [3.05, 3.63) is 101 Å². The van der Waals surface area contributed by atoms with E-state index in [0.717, 1.165) is 5.56 Å². The van der Waals surface area contributed by atoms with Gasteiger partial charge in [0.2, 0.25) is 10.0 Å². The second kappa shape index (κ2) is 7.58. The van der Waals surface area contributed by atoms with Crippen LogP contribution in [-0.2, 0) is 10.0 Å². The zero-order chi connectivity index (χ0) is 18.7. The van der Waals surface area contributed by atoms with Crippen LogP contribution < -0.4 is 0 Å². The third kappa shape index (κ3) is 3.65. The van der Waals surface area contributed by atoms with Crippen molar-refractivity contribution in [3.8, 4) is 0 Å². The van der Waals surface area contributed by atoms with E-state index in [2.05, 4.69) is 0 Å². The first-order valence-electron chi connectivity index (χ1n) is 7.94. The molecule has 0 radical (unpaired) electrons. The van der Waals surface area contributed by atoms with E-state index in [-0.39, 0.29) is 15.7 Å². The minimum Gasteiger partial charge on any atom is -0.207 e. The monoisotopic (exact) mass is 389 g/mol. The molecule has 0 aromatic heterocycles. The third-order valence-corrected chi connectivity index (χ3v) is 6.48. The standard InChI is InChI=1S/C20H17ClFNO2S/c1-23(26(24,25)19-10-6-5-9-18(19)21)20(15-7-3-2-4-8-15)16-11-13-17(22)14-12-16/h2-14,20H,1H3. The van der Waals surface area contributed by atoms with Gasteiger partial charge in [0, 0.05) is 7.05 Å². The van der Waals surface area contributed by atoms with Crippen molar-refractivity contribution in [3.63, 3.8) is 0 Å². The molecule has 0 N–H and O–H groups in total. The van der Waals surface area contributed by atoms with Gasteiger partial charge in [0.1, 0.15) is 10.7 Å². The van der Waals surface area contributed by atoms with Crippen molar-refractivity contribution in [2.24, 2.45) is 0 Å². The highest BCUT2D eigenvalue weighted by Gasteiger charge is 2.31. The Hall–Kier alpha value is -2.21. The van der Waals surface area contributed by atoms with Gasteiger partial charge in [-0.3, -0.25) is 0 Å². The molecular formula is C20H17ClFNO2S. The fourth-order valence-corrected chi connectivity index (χ4v) is 4.67. The highest BCUT2D eigenvalue weighted by Crippen LogP contribution is 2.34. The zero-order valence-electron chi connectivity index (χ0n) is 14.0. The van der Waals surface area contributed by atoms with E-state index in [9.17, 15) is 12.8 Å². The van der Waals surface area contributed by atoms with Crippen LogP contribution in [0.2, 0.25) is 5.02 Å². The molecule has 0 saturated carbocycles. The molecule has 3 nitrogen and oxygen atoms in total. The fraction of sp³-hybridized carbons (Fsp3) is 0.100. The molecule has 3 aromatic carbocycles. The van der Waals surface area contributed by atoms with Crippen LogP contribution in [0, 0.1) is 5.82 Å². The van der Waals surface area contributed by atoms with E-state index in [1.807, 2.05) is 30.3 Å². The summed E-state index contributed by atoms with van der Waals surface area (Å²) < 4.78 is 41.0. The zero-order valence-corrected chi connectivity index (χ0v) is 15.6. The Morgan fingerprint density at radius 2 is 1.38 bits per heavy atom. The molecule has 3 aromatic rings. The smallest absolute Gasteiger partial charge is 0.207 e. The minimum atomic E-state index is -3.87. The summed E-state index contributed by atoms with van der Waals surface area (Å²) in [6.07, 6.45) is 0. The second-order valence-electron chi connectivity index (χ2n) is 5.82. The van der Waals surface area contributed by atoms with E-state index in [1.54, 1.807) is 24.3 Å². The van der Waals surface area contributed by atoms with Crippen molar-refractivity contribution < 1.29 is 12.8 Å². The first kappa shape index (κ1) is 18.6. The molecule has 0 fully saturated rings. The second-order valence-corrected chi connectivity index (χ2v) is 8.19. The van der Waals surface area contributed by atoms with Gasteiger partial charge in [0.05, 0.1) is 11.1 Å². The summed E-state index contributed by atoms with van der Waals surface area (Å²) in [4.78, 5) is 0.0345. The lowest BCUT2D eigenvalue weighted by Gasteiger charge is -2.28. The number of halogens is 2. The van der Waals surface area contributed by atoms with E-state index in [4.69, 9.17) is 11.6 Å². The normalized spacial score (nSPS) is 12.9. The van der Waals surface area contributed by atoms with Gasteiger partial charge in [-0.2, -0.15) is 4.31 Å². The predicted molar refractivity (Wildman–Crippen MR) is 101 cm³/mol. The molecule has 0 saturated heterocycles. The lowest BCUT2D eigenvalue weighted by atomic mass is 9.99. The number of sulfonamides is 1. The maximum absolute atomic E-state index is 13.4. The van der Waals surface area contributed by atoms with Crippen LogP contribution in [0.1, 0.15) is 17.2 Å². The highest BCUT2D eigenvalue weighted by atomic mass is 35.5. The van der Waals surface area contributed by atoms with Gasteiger partial charge in [0.15, 0.2) is 0 Å². The quantitative estimate of drug-likeness (QED) is 0.623. The summed E-state index contributed by atoms with van der Waals surface area (Å²) in [5.74, 6) is -0.378. The average molecular weight is 390 g/mol. The lowest BCUT2D eigenvalue weighted by molar-refractivity contribution is 0.417. The van der Waals surface area contributed by atoms with Crippen LogP contribution in [0.3, 0.4) is 0 Å². The van der Waals surface area contributed by atoms with Crippen LogP contribution in [0.25, 0.3) is 0 Å². The molecule has 0 bridgehead atoms. The molecule has 0 spiro atoms. The largest absolute Gasteiger partial charge is 0.245 e. The van der Waals surface area contributed by atoms with Crippen LogP contribution >= 0.6 is 11.6 Å². The van der Waals surface area contributed by atoms with Gasteiger partial charge >= 0.3 is 0 Å². The molecular weight excluding hydrogens is 373 g/mol. The first-order chi connectivity index (χ1) is 12.4. The summed E-state index contributed by atoms with van der Waals surface area (Å²) in [6, 6.07) is 20.7. The van der Waals surface area contributed by atoms with Crippen molar-refractivity contribution in [1.82, 2.24) is 4.31 Å². The van der Waals surface area contributed by atoms with Crippen molar-refractivity contribution in [1.29, 1.82) is 0 Å². The molecule has 26 heavy (non-hydrogen) atoms. The van der Waals surface area contributed by atoms with Gasteiger partial charge in [-0.1, -0.05) is 66.2 Å². The number of hydrogen-bond donors (Lipinski definition) is 0. The maximum atomic E-state index is 13.4. The lowest BCUT2D eigenvalue weighted by Crippen LogP contribution is -2.32. The number of hydrogen-bond acceptors (Lipinski definition) is 2. The van der Waals surface area contributed by atoms with E-state index in [1.165, 1.54) is 35.6 Å². The molecule has 0 heterocycles. The number of rotatable bonds is 5. The van der Waals surface area contributed by atoms with Gasteiger partial charge in [-0.15, -0.1) is 0 Å². The molecule has 3 rings (SSSR count). The minimum absolute atomic E-state index is 0.0345. The number of nitrogens with zero attached hydrogens (tertiary/aromatic N) is 1. The van der Waals surface area contributed by atoms with Gasteiger partial charge < -0.3 is 0 Å². The molecule has 0 aliphatic rings. The number of benzene rings is 3. The first-order valence-corrected chi connectivity index (χ1v) is 9.76. The Bertz CT molecular complexity index is 992. The summed E-state index contributed by atoms with van der Waals surface area (Å²) in [6.45, 7) is 0. The summed E-state index contributed by atoms with van der Waals surface area (Å²) in [5.41, 5.74) is 1.44. The molecule has 134 valence electrons. The molecule has 1 atom stereocenters. The van der Waals surface area contributed by atoms with Gasteiger partial charge in [-0.05, 0) is 35.4 Å². The highest BCUT2D eigenvalue weighted by molar-refractivity contribution is 7.89. The molecule has 0 aliphatic carbocycles. The Labute approximate surface area is 157 Å². The SMILES string of the molecule is CN(C(c1ccccc1)c1ccc(F)cc1)S(=O)(=O)c1ccccc1Cl. The van der Waals surface area contributed by atoms with E-state index in [0.29, 0.717) is 5.56 Å². The molecule has 1 unspecified atom stereocenters. The summed E-state index contributed by atoms with van der Waals surface area (Å²) >= 11 is 6.11. The average Bonchev–Trinajstić information content (AvgIpc) is 2.64. The fourth-order valence-electron chi connectivity index (χ4n) is 2.84. The van der Waals surface area contributed by atoms with Crippen LogP contribution in [0.5, 0.6) is 0 Å². The van der Waals surface area contributed by atoms with Crippen LogP contribution in [0.4, 0.5) is 4.39 Å². The van der Waals surface area contributed by atoms with Crippen molar-refractivity contribution >= 4 is 21.6 Å². The topological polar surface area (TPSA) is 37.4 Å². The summed E-state index contributed by atoms with van der Waals surface area (Å²) in [7, 11) is -2.37. The van der Waals surface area contributed by atoms with E-state index < -0.39 is 16.1 Å². The third-order valence-electron chi connectivity index (χ3n) is 4.16. The Morgan fingerprint density at radius 1 is 0.846 bits per heavy atom. The van der Waals surface area contributed by atoms with Gasteiger partial charge in [-0.25, -0.2) is 12.8 Å². The predicted octanol–water partition coefficient (Wildman–Crippen LogP) is 4.89. The Morgan fingerprint density at radius 3 is 2.00 bits per heavy atom. The van der Waals surface area contributed by atoms with Crippen LogP contribution in [-0.4, -0.2) is 19.8 Å². The maximum Gasteiger partial charge on any atom is 0.245 e. The molecule has 0 amide bonds.